The second-order valence-electron chi connectivity index (χ2n) is 14.5. The van der Waals surface area contributed by atoms with Crippen molar-refractivity contribution < 1.29 is 4.42 Å². The average Bonchev–Trinajstić information content (AvgIpc) is 3.66. The van der Waals surface area contributed by atoms with Gasteiger partial charge in [0.25, 0.3) is 0 Å². The summed E-state index contributed by atoms with van der Waals surface area (Å²) >= 11 is 0. The van der Waals surface area contributed by atoms with Gasteiger partial charge in [0.15, 0.2) is 0 Å². The quantitative estimate of drug-likeness (QED) is 0.160. The zero-order valence-electron chi connectivity index (χ0n) is 30.6. The average molecular weight is 714 g/mol. The molecule has 0 unspecified atom stereocenters. The highest BCUT2D eigenvalue weighted by Gasteiger charge is 2.24. The van der Waals surface area contributed by atoms with Crippen LogP contribution in [0.2, 0.25) is 0 Å². The van der Waals surface area contributed by atoms with E-state index in [1.807, 2.05) is 6.07 Å². The fourth-order valence-corrected chi connectivity index (χ4v) is 8.56. The van der Waals surface area contributed by atoms with Crippen molar-refractivity contribution in [3.8, 4) is 33.4 Å². The Morgan fingerprint density at radius 2 is 0.911 bits per heavy atom. The molecule has 1 aromatic heterocycles. The van der Waals surface area contributed by atoms with E-state index >= 15 is 0 Å². The predicted octanol–water partition coefficient (Wildman–Crippen LogP) is 15.5. The van der Waals surface area contributed by atoms with Crippen molar-refractivity contribution in [1.29, 1.82) is 0 Å². The number of anilines is 3. The highest BCUT2D eigenvalue weighted by molar-refractivity contribution is 6.21. The van der Waals surface area contributed by atoms with E-state index in [-0.39, 0.29) is 0 Å². The summed E-state index contributed by atoms with van der Waals surface area (Å²) in [5.41, 5.74) is 12.0. The van der Waals surface area contributed by atoms with Crippen molar-refractivity contribution in [2.45, 2.75) is 0 Å². The second-order valence-corrected chi connectivity index (χ2v) is 14.5. The molecule has 56 heavy (non-hydrogen) atoms. The highest BCUT2D eigenvalue weighted by Crippen LogP contribution is 2.49. The maximum Gasteiger partial charge on any atom is 0.136 e. The Balaban J connectivity index is 1.17. The van der Waals surface area contributed by atoms with E-state index < -0.39 is 0 Å². The number of hydrogen-bond donors (Lipinski definition) is 0. The molecule has 0 amide bonds. The van der Waals surface area contributed by atoms with Gasteiger partial charge in [-0.2, -0.15) is 0 Å². The zero-order chi connectivity index (χ0) is 37.0. The summed E-state index contributed by atoms with van der Waals surface area (Å²) in [5.74, 6) is 0. The van der Waals surface area contributed by atoms with Gasteiger partial charge in [-0.3, -0.25) is 0 Å². The van der Waals surface area contributed by atoms with E-state index in [0.717, 1.165) is 44.6 Å². The molecule has 11 rings (SSSR count). The molecule has 2 heteroatoms. The van der Waals surface area contributed by atoms with E-state index in [2.05, 4.69) is 211 Å². The first kappa shape index (κ1) is 32.0. The summed E-state index contributed by atoms with van der Waals surface area (Å²) in [6.45, 7) is 0. The Kier molecular flexibility index (Phi) is 7.53. The molecule has 0 atom stereocenters. The summed E-state index contributed by atoms with van der Waals surface area (Å²) < 4.78 is 6.58. The van der Waals surface area contributed by atoms with Gasteiger partial charge in [0.2, 0.25) is 0 Å². The molecule has 1 heterocycles. The van der Waals surface area contributed by atoms with Gasteiger partial charge in [0.05, 0.1) is 5.69 Å². The number of para-hydroxylation sites is 1. The van der Waals surface area contributed by atoms with Crippen LogP contribution in [0.1, 0.15) is 0 Å². The minimum atomic E-state index is 0.869. The first-order valence-corrected chi connectivity index (χ1v) is 19.2. The number of hydrogen-bond acceptors (Lipinski definition) is 2. The first-order chi connectivity index (χ1) is 27.8. The molecule has 0 radical (unpaired) electrons. The molecular formula is C54H35NO. The van der Waals surface area contributed by atoms with Gasteiger partial charge in [0, 0.05) is 27.7 Å². The molecule has 11 aromatic rings. The minimum absolute atomic E-state index is 0.869. The summed E-state index contributed by atoms with van der Waals surface area (Å²) in [5, 5.41) is 9.61. The molecule has 0 spiro atoms. The largest absolute Gasteiger partial charge is 0.456 e. The third-order valence-electron chi connectivity index (χ3n) is 11.3. The van der Waals surface area contributed by atoms with Crippen LogP contribution in [-0.2, 0) is 0 Å². The Hall–Kier alpha value is -7.42. The van der Waals surface area contributed by atoms with Crippen molar-refractivity contribution in [3.05, 3.63) is 212 Å². The zero-order valence-corrected chi connectivity index (χ0v) is 30.6. The van der Waals surface area contributed by atoms with Crippen molar-refractivity contribution in [2.75, 3.05) is 4.90 Å². The fourth-order valence-electron chi connectivity index (χ4n) is 8.56. The highest BCUT2D eigenvalue weighted by atomic mass is 16.3. The summed E-state index contributed by atoms with van der Waals surface area (Å²) in [4.78, 5) is 2.41. The van der Waals surface area contributed by atoms with Crippen molar-refractivity contribution in [2.24, 2.45) is 0 Å². The minimum Gasteiger partial charge on any atom is -0.456 e. The molecule has 10 aromatic carbocycles. The van der Waals surface area contributed by atoms with Gasteiger partial charge in [-0.1, -0.05) is 164 Å². The van der Waals surface area contributed by atoms with Gasteiger partial charge in [-0.05, 0) is 109 Å². The van der Waals surface area contributed by atoms with Gasteiger partial charge in [-0.25, -0.2) is 0 Å². The Bertz CT molecular complexity index is 3230. The molecule has 0 saturated heterocycles. The number of rotatable bonds is 6. The van der Waals surface area contributed by atoms with Crippen LogP contribution >= 0.6 is 0 Å². The topological polar surface area (TPSA) is 16.4 Å². The van der Waals surface area contributed by atoms with Crippen LogP contribution in [0.25, 0.3) is 87.6 Å². The molecule has 0 bridgehead atoms. The van der Waals surface area contributed by atoms with E-state index in [1.54, 1.807) is 0 Å². The van der Waals surface area contributed by atoms with Gasteiger partial charge < -0.3 is 9.32 Å². The standard InChI is InChI=1S/C54H35NO/c1-2-11-36(12-3-1)38-23-28-43(29-24-38)55(44-30-25-39(26-31-44)42-22-21-37-13-4-5-15-41(37)35-42)50-33-34-52-54(49-17-8-9-20-51(49)56-52)53(50)48-19-10-18-46-45-16-7-6-14-40(45)27-32-47(46)48/h1-35H. The summed E-state index contributed by atoms with van der Waals surface area (Å²) in [6.07, 6.45) is 0. The normalized spacial score (nSPS) is 11.6. The first-order valence-electron chi connectivity index (χ1n) is 19.2. The number of nitrogens with zero attached hydrogens (tertiary/aromatic N) is 1. The van der Waals surface area contributed by atoms with Crippen molar-refractivity contribution >= 4 is 71.3 Å². The van der Waals surface area contributed by atoms with Gasteiger partial charge in [0.1, 0.15) is 11.2 Å². The Morgan fingerprint density at radius 1 is 0.321 bits per heavy atom. The molecule has 0 aliphatic heterocycles. The van der Waals surface area contributed by atoms with Crippen LogP contribution in [0.15, 0.2) is 217 Å². The van der Waals surface area contributed by atoms with Crippen molar-refractivity contribution in [1.82, 2.24) is 0 Å². The van der Waals surface area contributed by atoms with Crippen LogP contribution in [0, 0.1) is 0 Å². The van der Waals surface area contributed by atoms with Crippen LogP contribution in [0.5, 0.6) is 0 Å². The molecule has 0 saturated carbocycles. The Labute approximate surface area is 325 Å². The maximum atomic E-state index is 6.58. The third-order valence-corrected chi connectivity index (χ3v) is 11.3. The Morgan fingerprint density at radius 3 is 1.70 bits per heavy atom. The van der Waals surface area contributed by atoms with Gasteiger partial charge in [-0.15, -0.1) is 0 Å². The molecule has 0 aliphatic rings. The smallest absolute Gasteiger partial charge is 0.136 e. The third kappa shape index (κ3) is 5.34. The lowest BCUT2D eigenvalue weighted by molar-refractivity contribution is 0.669. The summed E-state index contributed by atoms with van der Waals surface area (Å²) in [6, 6.07) is 76.5. The molecule has 0 aliphatic carbocycles. The molecule has 262 valence electrons. The van der Waals surface area contributed by atoms with Crippen LogP contribution in [0.4, 0.5) is 17.1 Å². The van der Waals surface area contributed by atoms with Gasteiger partial charge >= 0.3 is 0 Å². The van der Waals surface area contributed by atoms with Crippen LogP contribution < -0.4 is 4.90 Å². The lowest BCUT2D eigenvalue weighted by Crippen LogP contribution is -2.11. The lowest BCUT2D eigenvalue weighted by atomic mass is 9.90. The number of benzene rings is 10. The fraction of sp³-hybridized carbons (Fsp3) is 0. The SMILES string of the molecule is c1ccc(-c2ccc(N(c3ccc(-c4ccc5ccccc5c4)cc3)c3ccc4oc5ccccc5c4c3-c3cccc4c3ccc3ccccc34)cc2)cc1. The lowest BCUT2D eigenvalue weighted by Gasteiger charge is -2.29. The second kappa shape index (κ2) is 13.2. The van der Waals surface area contributed by atoms with E-state index in [4.69, 9.17) is 4.42 Å². The molecule has 0 fully saturated rings. The molecule has 2 nitrogen and oxygen atoms in total. The van der Waals surface area contributed by atoms with Crippen molar-refractivity contribution in [3.63, 3.8) is 0 Å². The van der Waals surface area contributed by atoms with Crippen LogP contribution in [-0.4, -0.2) is 0 Å². The summed E-state index contributed by atoms with van der Waals surface area (Å²) in [7, 11) is 0. The molecule has 0 N–H and O–H groups in total. The van der Waals surface area contributed by atoms with E-state index in [9.17, 15) is 0 Å². The molecular weight excluding hydrogens is 679 g/mol. The van der Waals surface area contributed by atoms with E-state index in [1.165, 1.54) is 60.1 Å². The van der Waals surface area contributed by atoms with Crippen LogP contribution in [0.3, 0.4) is 0 Å². The number of furan rings is 1. The maximum absolute atomic E-state index is 6.58. The number of fused-ring (bicyclic) bond motifs is 7. The van der Waals surface area contributed by atoms with E-state index in [0.29, 0.717) is 0 Å². The monoisotopic (exact) mass is 713 g/mol. The predicted molar refractivity (Wildman–Crippen MR) is 237 cm³/mol.